The average Bonchev–Trinajstić information content (AvgIpc) is 2.60. The Morgan fingerprint density at radius 1 is 1.31 bits per heavy atom. The largest absolute Gasteiger partial charge is 0.377 e. The van der Waals surface area contributed by atoms with Crippen LogP contribution in [0.4, 0.5) is 0 Å². The average molecular weight is 338 g/mol. The third kappa shape index (κ3) is 3.31. The molecule has 2 fully saturated rings. The van der Waals surface area contributed by atoms with Gasteiger partial charge < -0.3 is 4.74 Å². The van der Waals surface area contributed by atoms with Crippen molar-refractivity contribution < 1.29 is 4.74 Å². The van der Waals surface area contributed by atoms with Crippen LogP contribution in [0.3, 0.4) is 0 Å². The molecule has 0 aromatic carbocycles. The summed E-state index contributed by atoms with van der Waals surface area (Å²) < 4.78 is 8.10. The Bertz CT molecular complexity index is 225. The normalized spacial score (nSPS) is 32.2. The molecule has 0 bridgehead atoms. The molecule has 0 aromatic rings. The summed E-state index contributed by atoms with van der Waals surface area (Å²) in [5.41, 5.74) is 0. The molecule has 0 amide bonds. The van der Waals surface area contributed by atoms with Gasteiger partial charge in [0.15, 0.2) is 0 Å². The van der Waals surface area contributed by atoms with Gasteiger partial charge in [-0.05, 0) is 39.2 Å². The van der Waals surface area contributed by atoms with Gasteiger partial charge in [-0.2, -0.15) is 0 Å². The minimum Gasteiger partial charge on any atom is -0.377 e. The fourth-order valence-electron chi connectivity index (χ4n) is 2.87. The lowest BCUT2D eigenvalue weighted by Gasteiger charge is -2.35. The van der Waals surface area contributed by atoms with Gasteiger partial charge in [0, 0.05) is 48.5 Å². The van der Waals surface area contributed by atoms with Crippen LogP contribution in [0.5, 0.6) is 0 Å². The SMILES string of the molecule is CC(C)OCCN1CCC2CCN(I)CC21. The van der Waals surface area contributed by atoms with Crippen molar-refractivity contribution in [3.8, 4) is 0 Å². The van der Waals surface area contributed by atoms with E-state index < -0.39 is 0 Å². The summed E-state index contributed by atoms with van der Waals surface area (Å²) in [6, 6.07) is 0.793. The predicted octanol–water partition coefficient (Wildman–Crippen LogP) is 2.16. The molecule has 2 atom stereocenters. The van der Waals surface area contributed by atoms with Crippen molar-refractivity contribution >= 4 is 22.9 Å². The third-order valence-corrected chi connectivity index (χ3v) is 4.63. The van der Waals surface area contributed by atoms with Gasteiger partial charge >= 0.3 is 0 Å². The van der Waals surface area contributed by atoms with E-state index >= 15 is 0 Å². The highest BCUT2D eigenvalue weighted by Gasteiger charge is 2.37. The van der Waals surface area contributed by atoms with Crippen molar-refractivity contribution in [2.75, 3.05) is 32.8 Å². The van der Waals surface area contributed by atoms with Crippen molar-refractivity contribution in [3.05, 3.63) is 0 Å². The van der Waals surface area contributed by atoms with Gasteiger partial charge in [-0.1, -0.05) is 0 Å². The third-order valence-electron chi connectivity index (χ3n) is 3.76. The first-order valence-corrected chi connectivity index (χ1v) is 7.39. The lowest BCUT2D eigenvalue weighted by atomic mass is 9.93. The number of piperidine rings is 1. The summed E-state index contributed by atoms with van der Waals surface area (Å²) in [7, 11) is 0. The zero-order valence-corrected chi connectivity index (χ0v) is 12.5. The quantitative estimate of drug-likeness (QED) is 0.577. The maximum atomic E-state index is 5.65. The van der Waals surface area contributed by atoms with E-state index in [1.807, 2.05) is 0 Å². The minimum absolute atomic E-state index is 0.367. The first kappa shape index (κ1) is 13.1. The van der Waals surface area contributed by atoms with Crippen molar-refractivity contribution in [1.29, 1.82) is 0 Å². The lowest BCUT2D eigenvalue weighted by Crippen LogP contribution is -2.45. The maximum Gasteiger partial charge on any atom is 0.0597 e. The minimum atomic E-state index is 0.367. The first-order valence-electron chi connectivity index (χ1n) is 6.43. The lowest BCUT2D eigenvalue weighted by molar-refractivity contribution is 0.0497. The molecule has 16 heavy (non-hydrogen) atoms. The summed E-state index contributed by atoms with van der Waals surface area (Å²) in [6.45, 7) is 10.0. The molecular weight excluding hydrogens is 315 g/mol. The molecule has 4 heteroatoms. The smallest absolute Gasteiger partial charge is 0.0597 e. The number of likely N-dealkylation sites (tertiary alicyclic amines) is 1. The number of rotatable bonds is 4. The molecule has 2 unspecified atom stereocenters. The predicted molar refractivity (Wildman–Crippen MR) is 74.8 cm³/mol. The van der Waals surface area contributed by atoms with Crippen LogP contribution in [0.1, 0.15) is 26.7 Å². The van der Waals surface area contributed by atoms with E-state index in [1.165, 1.54) is 32.5 Å². The molecule has 3 nitrogen and oxygen atoms in total. The fraction of sp³-hybridized carbons (Fsp3) is 1.00. The summed E-state index contributed by atoms with van der Waals surface area (Å²) in [6.07, 6.45) is 3.15. The van der Waals surface area contributed by atoms with E-state index in [-0.39, 0.29) is 0 Å². The second kappa shape index (κ2) is 5.98. The Labute approximate surface area is 113 Å². The second-order valence-corrected chi connectivity index (χ2v) is 6.59. The molecule has 0 spiro atoms. The monoisotopic (exact) mass is 338 g/mol. The molecule has 94 valence electrons. The van der Waals surface area contributed by atoms with Gasteiger partial charge in [0.2, 0.25) is 0 Å². The maximum absolute atomic E-state index is 5.65. The van der Waals surface area contributed by atoms with Gasteiger partial charge in [-0.25, -0.2) is 3.11 Å². The number of nitrogens with zero attached hydrogens (tertiary/aromatic N) is 2. The van der Waals surface area contributed by atoms with E-state index in [0.29, 0.717) is 6.10 Å². The highest BCUT2D eigenvalue weighted by molar-refractivity contribution is 14.1. The van der Waals surface area contributed by atoms with Crippen LogP contribution in [0.15, 0.2) is 0 Å². The Kier molecular flexibility index (Phi) is 4.88. The molecule has 2 heterocycles. The highest BCUT2D eigenvalue weighted by atomic mass is 127. The first-order chi connectivity index (χ1) is 7.66. The second-order valence-electron chi connectivity index (χ2n) is 5.23. The van der Waals surface area contributed by atoms with E-state index in [0.717, 1.165) is 25.1 Å². The van der Waals surface area contributed by atoms with E-state index in [1.54, 1.807) is 0 Å². The van der Waals surface area contributed by atoms with Crippen LogP contribution >= 0.6 is 22.9 Å². The van der Waals surface area contributed by atoms with Crippen LogP contribution in [-0.2, 0) is 4.74 Å². The zero-order chi connectivity index (χ0) is 11.5. The summed E-state index contributed by atoms with van der Waals surface area (Å²) in [5, 5.41) is 0. The standard InChI is InChI=1S/C12H23IN2O/c1-10(2)16-8-7-14-5-3-11-4-6-15(13)9-12(11)14/h10-12H,3-9H2,1-2H3. The highest BCUT2D eigenvalue weighted by Crippen LogP contribution is 2.32. The van der Waals surface area contributed by atoms with E-state index in [4.69, 9.17) is 4.74 Å². The molecule has 2 aliphatic rings. The Morgan fingerprint density at radius 2 is 2.06 bits per heavy atom. The van der Waals surface area contributed by atoms with Gasteiger partial charge in [0.05, 0.1) is 12.7 Å². The fourth-order valence-corrected chi connectivity index (χ4v) is 3.55. The molecule has 0 N–H and O–H groups in total. The van der Waals surface area contributed by atoms with Crippen molar-refractivity contribution in [1.82, 2.24) is 8.01 Å². The molecule has 0 saturated carbocycles. The Morgan fingerprint density at radius 3 is 2.81 bits per heavy atom. The summed E-state index contributed by atoms with van der Waals surface area (Å²) >= 11 is 2.47. The molecule has 2 aliphatic heterocycles. The number of hydrogen-bond donors (Lipinski definition) is 0. The van der Waals surface area contributed by atoms with Gasteiger partial charge in [0.1, 0.15) is 0 Å². The van der Waals surface area contributed by atoms with Crippen molar-refractivity contribution in [2.24, 2.45) is 5.92 Å². The van der Waals surface area contributed by atoms with E-state index in [9.17, 15) is 0 Å². The summed E-state index contributed by atoms with van der Waals surface area (Å²) in [4.78, 5) is 2.64. The van der Waals surface area contributed by atoms with Crippen molar-refractivity contribution in [3.63, 3.8) is 0 Å². The Balaban J connectivity index is 1.77. The number of fused-ring (bicyclic) bond motifs is 1. The van der Waals surface area contributed by atoms with Gasteiger partial charge in [-0.15, -0.1) is 0 Å². The molecule has 0 radical (unpaired) electrons. The van der Waals surface area contributed by atoms with Crippen molar-refractivity contribution in [2.45, 2.75) is 38.8 Å². The summed E-state index contributed by atoms with van der Waals surface area (Å²) in [5.74, 6) is 0.949. The number of halogens is 1. The van der Waals surface area contributed by atoms with Crippen LogP contribution in [0, 0.1) is 5.92 Å². The number of hydrogen-bond acceptors (Lipinski definition) is 3. The molecule has 2 rings (SSSR count). The van der Waals surface area contributed by atoms with E-state index in [2.05, 4.69) is 44.7 Å². The molecule has 0 aliphatic carbocycles. The van der Waals surface area contributed by atoms with Crippen LogP contribution in [-0.4, -0.2) is 52.9 Å². The van der Waals surface area contributed by atoms with Crippen LogP contribution in [0.2, 0.25) is 0 Å². The molecule has 0 aromatic heterocycles. The topological polar surface area (TPSA) is 15.7 Å². The number of ether oxygens (including phenoxy) is 1. The van der Waals surface area contributed by atoms with Crippen LogP contribution < -0.4 is 0 Å². The zero-order valence-electron chi connectivity index (χ0n) is 10.4. The van der Waals surface area contributed by atoms with Crippen LogP contribution in [0.25, 0.3) is 0 Å². The molecule has 2 saturated heterocycles. The van der Waals surface area contributed by atoms with Gasteiger partial charge in [-0.3, -0.25) is 4.90 Å². The Hall–Kier alpha value is 0.610. The molecular formula is C12H23IN2O. The van der Waals surface area contributed by atoms with Gasteiger partial charge in [0.25, 0.3) is 0 Å².